The Morgan fingerprint density at radius 1 is 1.09 bits per heavy atom. The Morgan fingerprint density at radius 2 is 1.81 bits per heavy atom. The highest BCUT2D eigenvalue weighted by Gasteiger charge is 2.35. The third-order valence-corrected chi connectivity index (χ3v) is 6.65. The van der Waals surface area contributed by atoms with Crippen molar-refractivity contribution in [1.82, 2.24) is 10.2 Å². The minimum atomic E-state index is -0.351. The Morgan fingerprint density at radius 3 is 2.53 bits per heavy atom. The van der Waals surface area contributed by atoms with Gasteiger partial charge >= 0.3 is 0 Å². The minimum Gasteiger partial charge on any atom is -0.352 e. The van der Waals surface area contributed by atoms with Crippen LogP contribution in [0.3, 0.4) is 0 Å². The molecule has 1 atom stereocenters. The molecule has 1 fully saturated rings. The van der Waals surface area contributed by atoms with Crippen LogP contribution in [0.5, 0.6) is 0 Å². The molecular weight excluding hydrogens is 402 g/mol. The largest absolute Gasteiger partial charge is 0.352 e. The van der Waals surface area contributed by atoms with Gasteiger partial charge < -0.3 is 15.1 Å². The maximum atomic E-state index is 12.7. The molecule has 4 rings (SSSR count). The van der Waals surface area contributed by atoms with Crippen molar-refractivity contribution in [2.45, 2.75) is 52.1 Å². The number of carbonyl (C=O) groups excluding carboxylic acids is 3. The fourth-order valence-corrected chi connectivity index (χ4v) is 4.40. The van der Waals surface area contributed by atoms with Gasteiger partial charge in [-0.15, -0.1) is 0 Å². The molecule has 3 amide bonds. The van der Waals surface area contributed by atoms with Crippen LogP contribution in [0.2, 0.25) is 0 Å². The van der Waals surface area contributed by atoms with Crippen LogP contribution in [0.4, 0.5) is 5.69 Å². The summed E-state index contributed by atoms with van der Waals surface area (Å²) in [5.41, 5.74) is 5.14. The summed E-state index contributed by atoms with van der Waals surface area (Å²) in [7, 11) is 1.79. The molecule has 2 aromatic carbocycles. The first-order valence-corrected chi connectivity index (χ1v) is 11.4. The molecular formula is C26H31N3O3. The molecule has 1 saturated heterocycles. The maximum absolute atomic E-state index is 12.7. The number of hydrogen-bond acceptors (Lipinski definition) is 3. The molecule has 6 nitrogen and oxygen atoms in total. The van der Waals surface area contributed by atoms with Gasteiger partial charge in [0.05, 0.1) is 5.92 Å². The second-order valence-corrected chi connectivity index (χ2v) is 9.14. The number of benzene rings is 2. The molecule has 1 aliphatic heterocycles. The Balaban J connectivity index is 1.33. The maximum Gasteiger partial charge on any atom is 0.253 e. The smallest absolute Gasteiger partial charge is 0.253 e. The van der Waals surface area contributed by atoms with E-state index in [0.29, 0.717) is 18.7 Å². The van der Waals surface area contributed by atoms with Crippen LogP contribution in [-0.2, 0) is 29.0 Å². The van der Waals surface area contributed by atoms with E-state index in [9.17, 15) is 14.4 Å². The van der Waals surface area contributed by atoms with E-state index >= 15 is 0 Å². The number of aryl methyl sites for hydroxylation is 2. The summed E-state index contributed by atoms with van der Waals surface area (Å²) in [6.45, 7) is 4.73. The number of amides is 3. The first kappa shape index (κ1) is 22.1. The summed E-state index contributed by atoms with van der Waals surface area (Å²) in [5, 5.41) is 2.95. The molecule has 0 aromatic heterocycles. The second-order valence-electron chi connectivity index (χ2n) is 9.14. The molecule has 1 heterocycles. The first-order chi connectivity index (χ1) is 15.3. The number of rotatable bonds is 6. The third kappa shape index (κ3) is 4.54. The normalized spacial score (nSPS) is 17.6. The van der Waals surface area contributed by atoms with E-state index < -0.39 is 0 Å². The summed E-state index contributed by atoms with van der Waals surface area (Å²) in [4.78, 5) is 41.1. The van der Waals surface area contributed by atoms with Crippen LogP contribution >= 0.6 is 0 Å². The molecule has 0 radical (unpaired) electrons. The highest BCUT2D eigenvalue weighted by atomic mass is 16.2. The van der Waals surface area contributed by atoms with Gasteiger partial charge in [-0.3, -0.25) is 14.4 Å². The highest BCUT2D eigenvalue weighted by Crippen LogP contribution is 2.30. The lowest BCUT2D eigenvalue weighted by molar-refractivity contribution is -0.126. The van der Waals surface area contributed by atoms with Crippen LogP contribution in [0.15, 0.2) is 42.5 Å². The topological polar surface area (TPSA) is 69.7 Å². The Labute approximate surface area is 189 Å². The van der Waals surface area contributed by atoms with Crippen molar-refractivity contribution in [1.29, 1.82) is 0 Å². The minimum absolute atomic E-state index is 0.000217. The molecule has 1 aliphatic carbocycles. The number of hydrogen-bond donors (Lipinski definition) is 1. The lowest BCUT2D eigenvalue weighted by atomic mass is 10.1. The van der Waals surface area contributed by atoms with E-state index in [1.807, 2.05) is 32.0 Å². The van der Waals surface area contributed by atoms with Crippen LogP contribution in [0.25, 0.3) is 0 Å². The molecule has 6 heteroatoms. The standard InChI is InChI=1S/C26H31N3O3/c1-17(2)28(3)26(32)20-9-7-18(8-10-20)15-27-25(31)22-14-24(30)29(16-22)23-12-11-19-5-4-6-21(19)13-23/h7-13,17,22H,4-6,14-16H2,1-3H3,(H,27,31). The van der Waals surface area contributed by atoms with E-state index in [-0.39, 0.29) is 36.1 Å². The summed E-state index contributed by atoms with van der Waals surface area (Å²) < 4.78 is 0. The van der Waals surface area contributed by atoms with Crippen molar-refractivity contribution in [3.63, 3.8) is 0 Å². The monoisotopic (exact) mass is 433 g/mol. The number of carbonyl (C=O) groups is 3. The van der Waals surface area contributed by atoms with Crippen molar-refractivity contribution < 1.29 is 14.4 Å². The van der Waals surface area contributed by atoms with Crippen molar-refractivity contribution in [3.8, 4) is 0 Å². The number of anilines is 1. The quantitative estimate of drug-likeness (QED) is 0.760. The van der Waals surface area contributed by atoms with E-state index in [1.54, 1.807) is 29.0 Å². The van der Waals surface area contributed by atoms with Crippen molar-refractivity contribution in [2.24, 2.45) is 5.92 Å². The Kier molecular flexibility index (Phi) is 6.31. The summed E-state index contributed by atoms with van der Waals surface area (Å²) >= 11 is 0. The zero-order valence-electron chi connectivity index (χ0n) is 19.1. The predicted molar refractivity (Wildman–Crippen MR) is 124 cm³/mol. The molecule has 2 aliphatic rings. The zero-order valence-corrected chi connectivity index (χ0v) is 19.1. The average molecular weight is 434 g/mol. The number of fused-ring (bicyclic) bond motifs is 1. The van der Waals surface area contributed by atoms with Gasteiger partial charge in [-0.2, -0.15) is 0 Å². The molecule has 2 aromatic rings. The fraction of sp³-hybridized carbons (Fsp3) is 0.423. The van der Waals surface area contributed by atoms with E-state index in [0.717, 1.165) is 24.1 Å². The SMILES string of the molecule is CC(C)N(C)C(=O)c1ccc(CNC(=O)C2CC(=O)N(c3ccc4c(c3)CCC4)C2)cc1. The van der Waals surface area contributed by atoms with Gasteiger partial charge in [0.25, 0.3) is 5.91 Å². The Bertz CT molecular complexity index is 1030. The van der Waals surface area contributed by atoms with Crippen LogP contribution in [0, 0.1) is 5.92 Å². The van der Waals surface area contributed by atoms with Crippen LogP contribution in [-0.4, -0.2) is 42.3 Å². The van der Waals surface area contributed by atoms with Gasteiger partial charge in [-0.25, -0.2) is 0 Å². The van der Waals surface area contributed by atoms with Crippen molar-refractivity contribution in [3.05, 3.63) is 64.7 Å². The third-order valence-electron chi connectivity index (χ3n) is 6.65. The molecule has 32 heavy (non-hydrogen) atoms. The van der Waals surface area contributed by atoms with Crippen LogP contribution in [0.1, 0.15) is 53.7 Å². The molecule has 0 spiro atoms. The summed E-state index contributed by atoms with van der Waals surface area (Å²) in [6.07, 6.45) is 3.57. The molecule has 0 bridgehead atoms. The summed E-state index contributed by atoms with van der Waals surface area (Å²) in [6, 6.07) is 13.7. The highest BCUT2D eigenvalue weighted by molar-refractivity contribution is 6.00. The summed E-state index contributed by atoms with van der Waals surface area (Å²) in [5.74, 6) is -0.482. The number of nitrogens with one attached hydrogen (secondary N) is 1. The molecule has 1 unspecified atom stereocenters. The van der Waals surface area contributed by atoms with E-state index in [1.165, 1.54) is 17.5 Å². The molecule has 1 N–H and O–H groups in total. The van der Waals surface area contributed by atoms with Crippen molar-refractivity contribution in [2.75, 3.05) is 18.5 Å². The van der Waals surface area contributed by atoms with Gasteiger partial charge in [0.1, 0.15) is 0 Å². The fourth-order valence-electron chi connectivity index (χ4n) is 4.40. The lowest BCUT2D eigenvalue weighted by Gasteiger charge is -2.21. The van der Waals surface area contributed by atoms with Gasteiger partial charge in [-0.05, 0) is 74.1 Å². The number of nitrogens with zero attached hydrogens (tertiary/aromatic N) is 2. The van der Waals surface area contributed by atoms with Gasteiger partial charge in [0.2, 0.25) is 11.8 Å². The van der Waals surface area contributed by atoms with Crippen LogP contribution < -0.4 is 10.2 Å². The molecule has 0 saturated carbocycles. The van der Waals surface area contributed by atoms with E-state index in [4.69, 9.17) is 0 Å². The second kappa shape index (κ2) is 9.15. The Hall–Kier alpha value is -3.15. The van der Waals surface area contributed by atoms with Gasteiger partial charge in [-0.1, -0.05) is 18.2 Å². The zero-order chi connectivity index (χ0) is 22.8. The first-order valence-electron chi connectivity index (χ1n) is 11.4. The lowest BCUT2D eigenvalue weighted by Crippen LogP contribution is -2.33. The molecule has 168 valence electrons. The van der Waals surface area contributed by atoms with Gasteiger partial charge in [0.15, 0.2) is 0 Å². The average Bonchev–Trinajstić information content (AvgIpc) is 3.42. The van der Waals surface area contributed by atoms with E-state index in [2.05, 4.69) is 17.4 Å². The van der Waals surface area contributed by atoms with Crippen molar-refractivity contribution >= 4 is 23.4 Å². The predicted octanol–water partition coefficient (Wildman–Crippen LogP) is 3.33. The van der Waals surface area contributed by atoms with Gasteiger partial charge in [0, 0.05) is 43.9 Å².